The molecule has 2 fully saturated rings. The first-order valence-corrected chi connectivity index (χ1v) is 12.8. The molecule has 8 heteroatoms. The van der Waals surface area contributed by atoms with Gasteiger partial charge >= 0.3 is 0 Å². The molecule has 2 aliphatic rings. The summed E-state index contributed by atoms with van der Waals surface area (Å²) in [5.41, 5.74) is 3.05. The maximum atomic E-state index is 13.6. The van der Waals surface area contributed by atoms with Crippen molar-refractivity contribution in [2.24, 2.45) is 0 Å². The second kappa shape index (κ2) is 8.89. The molecule has 3 aromatic rings. The van der Waals surface area contributed by atoms with Gasteiger partial charge in [-0.1, -0.05) is 0 Å². The molecule has 0 radical (unpaired) electrons. The third-order valence-electron chi connectivity index (χ3n) is 6.71. The summed E-state index contributed by atoms with van der Waals surface area (Å²) in [6, 6.07) is 6.47. The Balaban J connectivity index is 1.39. The van der Waals surface area contributed by atoms with Gasteiger partial charge in [0.25, 0.3) is 0 Å². The summed E-state index contributed by atoms with van der Waals surface area (Å²) in [5, 5.41) is 7.42. The van der Waals surface area contributed by atoms with E-state index in [1.807, 2.05) is 21.2 Å². The van der Waals surface area contributed by atoms with Crippen molar-refractivity contribution in [3.05, 3.63) is 47.4 Å². The zero-order valence-electron chi connectivity index (χ0n) is 20.0. The molecular formula is C26H31FN4O2S. The largest absolute Gasteiger partial charge is 0.373 e. The van der Waals surface area contributed by atoms with Crippen molar-refractivity contribution in [2.45, 2.75) is 64.0 Å². The number of nitrogens with zero attached hydrogens (tertiary/aromatic N) is 4. The van der Waals surface area contributed by atoms with Crippen LogP contribution in [-0.2, 0) is 21.5 Å². The Kier molecular flexibility index (Phi) is 6.06. The van der Waals surface area contributed by atoms with Gasteiger partial charge in [0, 0.05) is 30.6 Å². The van der Waals surface area contributed by atoms with Gasteiger partial charge in [-0.3, -0.25) is 9.48 Å². The van der Waals surface area contributed by atoms with Crippen molar-refractivity contribution in [2.75, 3.05) is 19.7 Å². The van der Waals surface area contributed by atoms with Crippen molar-refractivity contribution in [1.82, 2.24) is 19.7 Å². The van der Waals surface area contributed by atoms with Crippen LogP contribution < -0.4 is 0 Å². The van der Waals surface area contributed by atoms with Crippen LogP contribution in [0.1, 0.15) is 52.1 Å². The lowest BCUT2D eigenvalue weighted by Gasteiger charge is -2.39. The van der Waals surface area contributed by atoms with Gasteiger partial charge in [0.15, 0.2) is 0 Å². The number of piperidine rings is 1. The summed E-state index contributed by atoms with van der Waals surface area (Å²) in [5.74, 6) is -0.166. The number of halogens is 1. The Morgan fingerprint density at radius 2 is 1.97 bits per heavy atom. The second-order valence-electron chi connectivity index (χ2n) is 10.4. The molecule has 2 aliphatic heterocycles. The third kappa shape index (κ3) is 4.53. The molecule has 1 spiro atoms. The van der Waals surface area contributed by atoms with Crippen LogP contribution in [0.5, 0.6) is 0 Å². The maximum Gasteiger partial charge on any atom is 0.228 e. The molecule has 1 amide bonds. The fraction of sp³-hybridized carbons (Fsp3) is 0.500. The number of carbonyl (C=O) groups excluding carboxylic acids is 1. The maximum absolute atomic E-state index is 13.6. The quantitative estimate of drug-likeness (QED) is 0.508. The Labute approximate surface area is 203 Å². The predicted octanol–water partition coefficient (Wildman–Crippen LogP) is 5.28. The van der Waals surface area contributed by atoms with E-state index >= 15 is 0 Å². The number of hydrogen-bond acceptors (Lipinski definition) is 5. The van der Waals surface area contributed by atoms with Crippen LogP contribution in [0, 0.1) is 5.82 Å². The Hall–Kier alpha value is -2.58. The molecule has 0 bridgehead atoms. The van der Waals surface area contributed by atoms with Gasteiger partial charge in [-0.25, -0.2) is 9.37 Å². The highest BCUT2D eigenvalue weighted by molar-refractivity contribution is 7.13. The average Bonchev–Trinajstić information content (AvgIpc) is 3.54. The molecule has 6 nitrogen and oxygen atoms in total. The highest BCUT2D eigenvalue weighted by atomic mass is 32.1. The SMILES string of the molecule is CC(C)(C)n1ncc(-c2nc(CC(=O)N3CCCC4(CCCO4)C3)cs2)c1-c1ccc(F)cc1. The molecule has 0 saturated carbocycles. The van der Waals surface area contributed by atoms with Gasteiger partial charge in [-0.05, 0) is 70.7 Å². The Morgan fingerprint density at radius 3 is 2.68 bits per heavy atom. The molecule has 4 heterocycles. The normalized spacial score (nSPS) is 20.9. The lowest BCUT2D eigenvalue weighted by Crippen LogP contribution is -2.50. The topological polar surface area (TPSA) is 60.2 Å². The van der Waals surface area contributed by atoms with Crippen molar-refractivity contribution >= 4 is 17.2 Å². The van der Waals surface area contributed by atoms with Crippen LogP contribution in [0.4, 0.5) is 4.39 Å². The molecule has 1 atom stereocenters. The van der Waals surface area contributed by atoms with Gasteiger partial charge in [0.1, 0.15) is 10.8 Å². The summed E-state index contributed by atoms with van der Waals surface area (Å²) < 4.78 is 21.6. The number of rotatable bonds is 4. The van der Waals surface area contributed by atoms with Crippen LogP contribution in [-0.4, -0.2) is 50.9 Å². The zero-order valence-corrected chi connectivity index (χ0v) is 20.8. The van der Waals surface area contributed by atoms with E-state index in [-0.39, 0.29) is 29.3 Å². The first kappa shape index (κ1) is 23.2. The van der Waals surface area contributed by atoms with Crippen molar-refractivity contribution < 1.29 is 13.9 Å². The van der Waals surface area contributed by atoms with Gasteiger partial charge in [-0.2, -0.15) is 5.10 Å². The Bertz CT molecular complexity index is 1170. The number of thiazole rings is 1. The summed E-state index contributed by atoms with van der Waals surface area (Å²) in [6.07, 6.45) is 6.26. The molecule has 180 valence electrons. The molecular weight excluding hydrogens is 451 g/mol. The third-order valence-corrected chi connectivity index (χ3v) is 7.64. The monoisotopic (exact) mass is 482 g/mol. The minimum atomic E-state index is -0.273. The van der Waals surface area contributed by atoms with Crippen molar-refractivity contribution in [1.29, 1.82) is 0 Å². The molecule has 34 heavy (non-hydrogen) atoms. The molecule has 1 unspecified atom stereocenters. The first-order valence-electron chi connectivity index (χ1n) is 12.0. The van der Waals surface area contributed by atoms with Crippen LogP contribution in [0.3, 0.4) is 0 Å². The van der Waals surface area contributed by atoms with E-state index in [4.69, 9.17) is 9.72 Å². The number of benzene rings is 1. The summed E-state index contributed by atoms with van der Waals surface area (Å²) in [4.78, 5) is 19.9. The van der Waals surface area contributed by atoms with Crippen molar-refractivity contribution in [3.8, 4) is 21.8 Å². The fourth-order valence-electron chi connectivity index (χ4n) is 5.07. The number of ether oxygens (including phenoxy) is 1. The van der Waals surface area contributed by atoms with E-state index in [2.05, 4.69) is 25.9 Å². The van der Waals surface area contributed by atoms with Crippen LogP contribution >= 0.6 is 11.3 Å². The summed E-state index contributed by atoms with van der Waals surface area (Å²) >= 11 is 1.51. The number of carbonyl (C=O) groups is 1. The Morgan fingerprint density at radius 1 is 1.21 bits per heavy atom. The zero-order chi connectivity index (χ0) is 23.9. The van der Waals surface area contributed by atoms with Gasteiger partial charge < -0.3 is 9.64 Å². The smallest absolute Gasteiger partial charge is 0.228 e. The van der Waals surface area contributed by atoms with Crippen LogP contribution in [0.2, 0.25) is 0 Å². The predicted molar refractivity (Wildman–Crippen MR) is 131 cm³/mol. The second-order valence-corrected chi connectivity index (χ2v) is 11.2. The molecule has 0 N–H and O–H groups in total. The standard InChI is InChI=1S/C26H31FN4O2S/c1-25(2,3)31-23(18-6-8-19(27)9-7-18)21(15-28-31)24-29-20(16-34-24)14-22(32)30-12-4-10-26(17-30)11-5-13-33-26/h6-9,15-16H,4-5,10-14,17H2,1-3H3. The van der Waals surface area contributed by atoms with E-state index in [0.29, 0.717) is 6.54 Å². The highest BCUT2D eigenvalue weighted by Crippen LogP contribution is 2.37. The minimum Gasteiger partial charge on any atom is -0.373 e. The number of amides is 1. The van der Waals surface area contributed by atoms with Gasteiger partial charge in [-0.15, -0.1) is 11.3 Å². The highest BCUT2D eigenvalue weighted by Gasteiger charge is 2.40. The number of aromatic nitrogens is 3. The van der Waals surface area contributed by atoms with Gasteiger partial charge in [0.05, 0.1) is 40.7 Å². The lowest BCUT2D eigenvalue weighted by molar-refractivity contribution is -0.138. The fourth-order valence-corrected chi connectivity index (χ4v) is 5.90. The lowest BCUT2D eigenvalue weighted by atomic mass is 9.90. The van der Waals surface area contributed by atoms with E-state index in [1.54, 1.807) is 12.1 Å². The number of likely N-dealkylation sites (tertiary alicyclic amines) is 1. The van der Waals surface area contributed by atoms with E-state index in [9.17, 15) is 9.18 Å². The van der Waals surface area contributed by atoms with E-state index < -0.39 is 0 Å². The van der Waals surface area contributed by atoms with Crippen LogP contribution in [0.25, 0.3) is 21.8 Å². The first-order chi connectivity index (χ1) is 16.2. The minimum absolute atomic E-state index is 0.107. The molecule has 2 saturated heterocycles. The summed E-state index contributed by atoms with van der Waals surface area (Å²) in [7, 11) is 0. The number of hydrogen-bond donors (Lipinski definition) is 0. The molecule has 0 aliphatic carbocycles. The van der Waals surface area contributed by atoms with E-state index in [1.165, 1.54) is 23.5 Å². The van der Waals surface area contributed by atoms with E-state index in [0.717, 1.165) is 66.4 Å². The van der Waals surface area contributed by atoms with Gasteiger partial charge in [0.2, 0.25) is 5.91 Å². The molecule has 1 aromatic carbocycles. The van der Waals surface area contributed by atoms with Crippen LogP contribution in [0.15, 0.2) is 35.8 Å². The van der Waals surface area contributed by atoms with Crippen molar-refractivity contribution in [3.63, 3.8) is 0 Å². The molecule has 2 aromatic heterocycles. The average molecular weight is 483 g/mol. The summed E-state index contributed by atoms with van der Waals surface area (Å²) in [6.45, 7) is 8.53. The molecule has 5 rings (SSSR count).